The maximum absolute atomic E-state index is 5.09. The summed E-state index contributed by atoms with van der Waals surface area (Å²) >= 11 is 0. The van der Waals surface area contributed by atoms with Crippen LogP contribution in [0.3, 0.4) is 0 Å². The molecule has 1 aliphatic heterocycles. The molecule has 0 unspecified atom stereocenters. The number of pyridine rings is 3. The summed E-state index contributed by atoms with van der Waals surface area (Å²) < 4.78 is 0. The number of anilines is 1. The Kier molecular flexibility index (Phi) is 4.55. The first kappa shape index (κ1) is 21.0. The summed E-state index contributed by atoms with van der Waals surface area (Å²) in [5, 5.41) is 9.19. The molecule has 4 heteroatoms. The highest BCUT2D eigenvalue weighted by Gasteiger charge is 2.12. The molecule has 7 aromatic rings. The fraction of sp³-hybridized carbons (Fsp3) is 0.0294. The summed E-state index contributed by atoms with van der Waals surface area (Å²) in [5.41, 5.74) is 9.27. The van der Waals surface area contributed by atoms with Gasteiger partial charge in [0.1, 0.15) is 0 Å². The van der Waals surface area contributed by atoms with Crippen LogP contribution in [0.4, 0.5) is 5.69 Å². The van der Waals surface area contributed by atoms with E-state index >= 15 is 0 Å². The van der Waals surface area contributed by atoms with Gasteiger partial charge in [0.05, 0.1) is 33.6 Å². The van der Waals surface area contributed by atoms with Crippen LogP contribution in [0.5, 0.6) is 0 Å². The van der Waals surface area contributed by atoms with E-state index in [2.05, 4.69) is 113 Å². The molecule has 4 heterocycles. The smallest absolute Gasteiger partial charge is 0.0972 e. The number of nitrogens with zero attached hydrogens (tertiary/aromatic N) is 3. The molecule has 0 saturated carbocycles. The summed E-state index contributed by atoms with van der Waals surface area (Å²) in [5.74, 6) is 0. The van der Waals surface area contributed by atoms with Crippen molar-refractivity contribution in [1.29, 1.82) is 0 Å². The Bertz CT molecular complexity index is 2090. The van der Waals surface area contributed by atoms with E-state index in [-0.39, 0.29) is 0 Å². The third-order valence-corrected chi connectivity index (χ3v) is 7.45. The van der Waals surface area contributed by atoms with Crippen LogP contribution in [0.1, 0.15) is 5.56 Å². The number of hydrogen-bond donors (Lipinski definition) is 1. The van der Waals surface area contributed by atoms with Crippen molar-refractivity contribution in [3.05, 3.63) is 115 Å². The lowest BCUT2D eigenvalue weighted by molar-refractivity contribution is 1.30. The van der Waals surface area contributed by atoms with Crippen molar-refractivity contribution in [2.75, 3.05) is 11.9 Å². The lowest BCUT2D eigenvalue weighted by atomic mass is 9.99. The lowest BCUT2D eigenvalue weighted by Gasteiger charge is -2.16. The Labute approximate surface area is 219 Å². The van der Waals surface area contributed by atoms with Crippen LogP contribution in [-0.2, 0) is 0 Å². The standard InChI is InChI=1S/C34H22N4/c1-3-22-7-9-24-13-15-29(37-33(24)31(22)35-17-1)26-11-5-21-6-12-27(20-28(21)19-26)30-16-14-25-10-8-23-4-2-18-36-32(23)34(25)38-30/h1-17,19-20,36H,18H2. The van der Waals surface area contributed by atoms with Gasteiger partial charge in [-0.05, 0) is 46.7 Å². The predicted octanol–water partition coefficient (Wildman–Crippen LogP) is 8.26. The van der Waals surface area contributed by atoms with E-state index in [4.69, 9.17) is 9.97 Å². The average Bonchev–Trinajstić information content (AvgIpc) is 3.00. The Hall–Kier alpha value is -5.09. The zero-order valence-electron chi connectivity index (χ0n) is 20.5. The van der Waals surface area contributed by atoms with Gasteiger partial charge in [0, 0.05) is 40.0 Å². The number of hydrogen-bond acceptors (Lipinski definition) is 4. The summed E-state index contributed by atoms with van der Waals surface area (Å²) in [7, 11) is 0. The largest absolute Gasteiger partial charge is 0.379 e. The first-order valence-electron chi connectivity index (χ1n) is 12.8. The molecule has 1 N–H and O–H groups in total. The second-order valence-corrected chi connectivity index (χ2v) is 9.77. The SMILES string of the molecule is C1=Cc2ccc3ccc(-c4ccc5ccc(-c6ccc7ccc8cccnc8c7n6)cc5c4)nc3c2NC1. The van der Waals surface area contributed by atoms with Gasteiger partial charge in [0.15, 0.2) is 0 Å². The van der Waals surface area contributed by atoms with Crippen LogP contribution in [0, 0.1) is 0 Å². The van der Waals surface area contributed by atoms with Gasteiger partial charge in [-0.25, -0.2) is 9.97 Å². The second-order valence-electron chi connectivity index (χ2n) is 9.77. The molecule has 0 aliphatic carbocycles. The minimum Gasteiger partial charge on any atom is -0.379 e. The van der Waals surface area contributed by atoms with Crippen molar-refractivity contribution in [3.8, 4) is 22.5 Å². The van der Waals surface area contributed by atoms with Crippen molar-refractivity contribution in [2.24, 2.45) is 0 Å². The lowest BCUT2D eigenvalue weighted by Crippen LogP contribution is -2.05. The van der Waals surface area contributed by atoms with Gasteiger partial charge >= 0.3 is 0 Å². The molecule has 4 nitrogen and oxygen atoms in total. The molecule has 0 radical (unpaired) electrons. The molecular formula is C34H22N4. The Balaban J connectivity index is 1.25. The highest BCUT2D eigenvalue weighted by atomic mass is 14.9. The minimum absolute atomic E-state index is 0.825. The predicted molar refractivity (Wildman–Crippen MR) is 158 cm³/mol. The van der Waals surface area contributed by atoms with Crippen molar-refractivity contribution >= 4 is 55.2 Å². The van der Waals surface area contributed by atoms with E-state index in [1.807, 2.05) is 12.3 Å². The van der Waals surface area contributed by atoms with Crippen LogP contribution in [0.15, 0.2) is 109 Å². The molecule has 0 saturated heterocycles. The number of benzene rings is 4. The van der Waals surface area contributed by atoms with Gasteiger partial charge in [0.2, 0.25) is 0 Å². The summed E-state index contributed by atoms with van der Waals surface area (Å²) in [6.07, 6.45) is 6.14. The van der Waals surface area contributed by atoms with Crippen molar-refractivity contribution in [3.63, 3.8) is 0 Å². The topological polar surface area (TPSA) is 50.7 Å². The van der Waals surface area contributed by atoms with E-state index in [1.165, 1.54) is 10.9 Å². The molecule has 0 atom stereocenters. The molecule has 0 fully saturated rings. The third kappa shape index (κ3) is 3.35. The number of nitrogens with one attached hydrogen (secondary N) is 1. The zero-order valence-corrected chi connectivity index (χ0v) is 20.5. The first-order chi connectivity index (χ1) is 18.8. The Morgan fingerprint density at radius 1 is 0.553 bits per heavy atom. The summed E-state index contributed by atoms with van der Waals surface area (Å²) in [4.78, 5) is 14.8. The molecule has 0 bridgehead atoms. The zero-order chi connectivity index (χ0) is 25.1. The van der Waals surface area contributed by atoms with Crippen molar-refractivity contribution < 1.29 is 0 Å². The molecule has 0 amide bonds. The third-order valence-electron chi connectivity index (χ3n) is 7.45. The van der Waals surface area contributed by atoms with Crippen molar-refractivity contribution in [1.82, 2.24) is 15.0 Å². The first-order valence-corrected chi connectivity index (χ1v) is 12.8. The van der Waals surface area contributed by atoms with Gasteiger partial charge in [-0.1, -0.05) is 78.9 Å². The fourth-order valence-electron chi connectivity index (χ4n) is 5.49. The molecule has 4 aromatic carbocycles. The van der Waals surface area contributed by atoms with E-state index in [9.17, 15) is 0 Å². The average molecular weight is 487 g/mol. The molecular weight excluding hydrogens is 464 g/mol. The van der Waals surface area contributed by atoms with Gasteiger partial charge in [-0.3, -0.25) is 4.98 Å². The normalized spacial score (nSPS) is 12.7. The van der Waals surface area contributed by atoms with Crippen LogP contribution in [-0.4, -0.2) is 21.5 Å². The van der Waals surface area contributed by atoms with E-state index in [1.54, 1.807) is 0 Å². The van der Waals surface area contributed by atoms with Gasteiger partial charge in [0.25, 0.3) is 0 Å². The quantitative estimate of drug-likeness (QED) is 0.250. The second kappa shape index (κ2) is 8.22. The van der Waals surface area contributed by atoms with E-state index in [0.717, 1.165) is 72.8 Å². The van der Waals surface area contributed by atoms with Gasteiger partial charge in [-0.15, -0.1) is 0 Å². The molecule has 38 heavy (non-hydrogen) atoms. The monoisotopic (exact) mass is 486 g/mol. The van der Waals surface area contributed by atoms with Crippen LogP contribution < -0.4 is 5.32 Å². The molecule has 1 aliphatic rings. The minimum atomic E-state index is 0.825. The van der Waals surface area contributed by atoms with E-state index in [0.29, 0.717) is 0 Å². The Morgan fingerprint density at radius 2 is 1.18 bits per heavy atom. The van der Waals surface area contributed by atoms with Crippen LogP contribution in [0.2, 0.25) is 0 Å². The highest BCUT2D eigenvalue weighted by molar-refractivity contribution is 6.03. The van der Waals surface area contributed by atoms with E-state index < -0.39 is 0 Å². The number of rotatable bonds is 2. The number of aromatic nitrogens is 3. The van der Waals surface area contributed by atoms with Crippen molar-refractivity contribution in [2.45, 2.75) is 0 Å². The van der Waals surface area contributed by atoms with Crippen LogP contribution in [0.25, 0.3) is 72.1 Å². The molecule has 0 spiro atoms. The van der Waals surface area contributed by atoms with Gasteiger partial charge < -0.3 is 5.32 Å². The number of fused-ring (bicyclic) bond motifs is 7. The maximum Gasteiger partial charge on any atom is 0.0972 e. The Morgan fingerprint density at radius 3 is 1.97 bits per heavy atom. The highest BCUT2D eigenvalue weighted by Crippen LogP contribution is 2.33. The van der Waals surface area contributed by atoms with Gasteiger partial charge in [-0.2, -0.15) is 0 Å². The summed E-state index contributed by atoms with van der Waals surface area (Å²) in [6, 6.07) is 34.2. The molecule has 178 valence electrons. The van der Waals surface area contributed by atoms with Crippen LogP contribution >= 0.6 is 0 Å². The molecule has 3 aromatic heterocycles. The molecule has 8 rings (SSSR count). The maximum atomic E-state index is 5.09. The summed E-state index contributed by atoms with van der Waals surface area (Å²) in [6.45, 7) is 0.825. The fourth-order valence-corrected chi connectivity index (χ4v) is 5.49.